The number of carboxylic acid groups (broad SMARTS) is 1. The second kappa shape index (κ2) is 24.5. The second-order valence-electron chi connectivity index (χ2n) is 21.4. The highest BCUT2D eigenvalue weighted by atomic mass is 35.5. The number of fused-ring (bicyclic) bond motifs is 6. The molecule has 7 aliphatic rings. The van der Waals surface area contributed by atoms with Gasteiger partial charge in [-0.05, 0) is 82.6 Å². The minimum atomic E-state index is -1.47. The summed E-state index contributed by atoms with van der Waals surface area (Å²) < 4.78 is 58.8. The number of ether oxygens (including phenoxy) is 9. The van der Waals surface area contributed by atoms with Gasteiger partial charge in [-0.15, -0.1) is 11.6 Å². The molecule has 0 aliphatic carbocycles. The topological polar surface area (TPSA) is 239 Å². The average molecular weight is 1010 g/mol. The number of hydrogen-bond donors (Lipinski definition) is 6. The summed E-state index contributed by atoms with van der Waals surface area (Å²) in [6.07, 6.45) is 7.36. The molecule has 1 unspecified atom stereocenters. The van der Waals surface area contributed by atoms with Crippen molar-refractivity contribution >= 4 is 23.5 Å². The average Bonchev–Trinajstić information content (AvgIpc) is 3.66. The van der Waals surface area contributed by atoms with Crippen LogP contribution < -0.4 is 0 Å². The molecule has 7 rings (SSSR count). The normalized spacial score (nSPS) is 46.2. The van der Waals surface area contributed by atoms with Crippen molar-refractivity contribution < 1.29 is 82.9 Å². The number of carbonyl (C=O) groups is 2. The molecule has 0 saturated carbocycles. The van der Waals surface area contributed by atoms with E-state index in [1.807, 2.05) is 38.2 Å². The molecule has 0 amide bonds. The molecule has 70 heavy (non-hydrogen) atoms. The molecule has 6 N–H and O–H groups in total. The molecule has 9 bridgehead atoms. The molecule has 6 fully saturated rings. The van der Waals surface area contributed by atoms with Crippen molar-refractivity contribution in [2.75, 3.05) is 14.2 Å². The Balaban J connectivity index is 1.13. The van der Waals surface area contributed by atoms with Crippen LogP contribution in [-0.2, 0) is 52.2 Å². The number of aliphatic hydroxyl groups is 5. The van der Waals surface area contributed by atoms with Crippen molar-refractivity contribution in [2.45, 2.75) is 245 Å². The SMILES string of the molecule is CO[C@H]1CC[C@]23C=C[C@H](C)[C@@H](C[C@@H](O)C[C@H](O)C[C@@H]4CCC[C@H](CC(=O)O[C@H]5CC6(O[C@H]5C/C=C/C/C=C\C[C@@H](O)C(=O)O)O[C@]5(CC[C@@H]6C)C[C@@H](OC)[C@H](Cl)[C@@H](CC[C@H](C)[C@H](O)[C@H](O)[C@H]1O2)O5)O4)O3. The molecule has 398 valence electrons. The number of aliphatic carboxylic acids is 1. The highest BCUT2D eigenvalue weighted by Crippen LogP contribution is 2.53. The van der Waals surface area contributed by atoms with E-state index in [1.54, 1.807) is 26.4 Å². The Hall–Kier alpha value is -2.07. The monoisotopic (exact) mass is 1010 g/mol. The van der Waals surface area contributed by atoms with Gasteiger partial charge in [0.15, 0.2) is 23.5 Å². The summed E-state index contributed by atoms with van der Waals surface area (Å²) in [6, 6.07) is 0. The van der Waals surface area contributed by atoms with Gasteiger partial charge in [0.1, 0.15) is 24.4 Å². The van der Waals surface area contributed by atoms with Crippen molar-refractivity contribution in [3.8, 4) is 0 Å². The Morgan fingerprint density at radius 1 is 0.814 bits per heavy atom. The van der Waals surface area contributed by atoms with Crippen LogP contribution in [0.4, 0.5) is 0 Å². The maximum absolute atomic E-state index is 13.9. The molecule has 7 heterocycles. The van der Waals surface area contributed by atoms with Gasteiger partial charge in [-0.1, -0.05) is 51.2 Å². The third-order valence-electron chi connectivity index (χ3n) is 16.1. The molecule has 0 aromatic heterocycles. The maximum atomic E-state index is 13.9. The van der Waals surface area contributed by atoms with Crippen LogP contribution in [0.3, 0.4) is 0 Å². The number of allylic oxidation sites excluding steroid dienone is 2. The highest BCUT2D eigenvalue weighted by molar-refractivity contribution is 6.21. The van der Waals surface area contributed by atoms with Crippen LogP contribution in [0.1, 0.15) is 136 Å². The molecule has 3 spiro atoms. The number of hydrogen-bond acceptors (Lipinski definition) is 16. The molecule has 0 aromatic carbocycles. The summed E-state index contributed by atoms with van der Waals surface area (Å²) in [6.45, 7) is 5.92. The lowest BCUT2D eigenvalue weighted by Crippen LogP contribution is -2.61. The van der Waals surface area contributed by atoms with E-state index in [0.29, 0.717) is 70.6 Å². The van der Waals surface area contributed by atoms with Crippen LogP contribution in [0.25, 0.3) is 0 Å². The molecule has 21 atom stereocenters. The van der Waals surface area contributed by atoms with Gasteiger partial charge in [0, 0.05) is 64.6 Å². The minimum Gasteiger partial charge on any atom is -0.479 e. The lowest BCUT2D eigenvalue weighted by molar-refractivity contribution is -0.413. The molecule has 0 radical (unpaired) electrons. The van der Waals surface area contributed by atoms with Gasteiger partial charge in [-0.3, -0.25) is 4.79 Å². The zero-order valence-electron chi connectivity index (χ0n) is 41.6. The molecule has 18 heteroatoms. The first-order chi connectivity index (χ1) is 33.4. The Labute approximate surface area is 418 Å². The number of carbonyl (C=O) groups excluding carboxylic acids is 1. The van der Waals surface area contributed by atoms with E-state index < -0.39 is 120 Å². The van der Waals surface area contributed by atoms with Crippen molar-refractivity contribution in [1.82, 2.24) is 0 Å². The molecule has 7 aliphatic heterocycles. The van der Waals surface area contributed by atoms with Gasteiger partial charge in [0.2, 0.25) is 0 Å². The zero-order chi connectivity index (χ0) is 50.4. The van der Waals surface area contributed by atoms with Crippen molar-refractivity contribution in [2.24, 2.45) is 17.8 Å². The summed E-state index contributed by atoms with van der Waals surface area (Å²) in [5, 5.41) is 64.3. The van der Waals surface area contributed by atoms with E-state index in [-0.39, 0.29) is 56.5 Å². The van der Waals surface area contributed by atoms with Gasteiger partial charge in [-0.25, -0.2) is 4.79 Å². The number of aliphatic hydroxyl groups excluding tert-OH is 5. The van der Waals surface area contributed by atoms with Crippen LogP contribution in [0.15, 0.2) is 36.5 Å². The lowest BCUT2D eigenvalue weighted by Gasteiger charge is -2.54. The van der Waals surface area contributed by atoms with Crippen LogP contribution >= 0.6 is 11.6 Å². The standard InChI is InChI=1S/C52H81ClO17/c1-30-18-21-50-23-20-40(62-4)48(69-50)47(59)46(58)31(2)16-17-39-45(53)43(63-5)28-51(66-39)22-19-32(3)52(70-51)29-42(38(68-52)15-10-8-6-7-9-14-37(56)49(60)61)65-44(57)27-36-13-11-12-35(64-36)25-33(54)24-34(55)26-41(30)67-50/h7-10,18,21,30-43,45-48,54-56,58-59H,6,11-17,19-20,22-29H2,1-5H3,(H,60,61)/b9-7-,10-8+/t30-,31-,32-,33-,34-,35-,36+,37+,38-,39+,40-,41+,42-,43+,45+,46-,47-,48-,50-,51+,52?/m0/s1. The predicted molar refractivity (Wildman–Crippen MR) is 254 cm³/mol. The fourth-order valence-corrected chi connectivity index (χ4v) is 12.1. The summed E-state index contributed by atoms with van der Waals surface area (Å²) in [5.41, 5.74) is 0. The third-order valence-corrected chi connectivity index (χ3v) is 16.6. The molecule has 6 saturated heterocycles. The van der Waals surface area contributed by atoms with Crippen molar-refractivity contribution in [3.05, 3.63) is 36.5 Å². The van der Waals surface area contributed by atoms with Gasteiger partial charge in [0.05, 0.1) is 66.7 Å². The maximum Gasteiger partial charge on any atom is 0.332 e. The Kier molecular flexibility index (Phi) is 19.5. The van der Waals surface area contributed by atoms with Gasteiger partial charge in [-0.2, -0.15) is 0 Å². The zero-order valence-corrected chi connectivity index (χ0v) is 42.4. The molecule has 0 aromatic rings. The number of alkyl halides is 1. The largest absolute Gasteiger partial charge is 0.479 e. The Morgan fingerprint density at radius 3 is 2.31 bits per heavy atom. The number of esters is 1. The van der Waals surface area contributed by atoms with Crippen molar-refractivity contribution in [1.29, 1.82) is 0 Å². The number of rotatable bonds is 9. The van der Waals surface area contributed by atoms with Crippen LogP contribution in [0.5, 0.6) is 0 Å². The number of carboxylic acids is 1. The van der Waals surface area contributed by atoms with E-state index in [0.717, 1.165) is 6.42 Å². The first-order valence-electron chi connectivity index (χ1n) is 25.9. The van der Waals surface area contributed by atoms with E-state index in [9.17, 15) is 35.1 Å². The minimum absolute atomic E-state index is 0.0103. The summed E-state index contributed by atoms with van der Waals surface area (Å²) in [4.78, 5) is 24.9. The first kappa shape index (κ1) is 55.7. The van der Waals surface area contributed by atoms with Gasteiger partial charge >= 0.3 is 11.9 Å². The fourth-order valence-electron chi connectivity index (χ4n) is 11.8. The molecule has 17 nitrogen and oxygen atoms in total. The first-order valence-corrected chi connectivity index (χ1v) is 26.4. The van der Waals surface area contributed by atoms with Crippen LogP contribution in [-0.4, -0.2) is 165 Å². The summed E-state index contributed by atoms with van der Waals surface area (Å²) in [7, 11) is 3.17. The third kappa shape index (κ3) is 13.6. The van der Waals surface area contributed by atoms with E-state index in [4.69, 9.17) is 59.3 Å². The van der Waals surface area contributed by atoms with E-state index in [1.165, 1.54) is 0 Å². The molecular weight excluding hydrogens is 932 g/mol. The van der Waals surface area contributed by atoms with Crippen molar-refractivity contribution in [3.63, 3.8) is 0 Å². The van der Waals surface area contributed by atoms with E-state index >= 15 is 0 Å². The Morgan fingerprint density at radius 2 is 1.56 bits per heavy atom. The van der Waals surface area contributed by atoms with Crippen LogP contribution in [0.2, 0.25) is 0 Å². The van der Waals surface area contributed by atoms with Gasteiger partial charge in [0.25, 0.3) is 0 Å². The predicted octanol–water partition coefficient (Wildman–Crippen LogP) is 5.52. The summed E-state index contributed by atoms with van der Waals surface area (Å²) in [5.74, 6) is -5.95. The van der Waals surface area contributed by atoms with Gasteiger partial charge < -0.3 is 73.3 Å². The number of methoxy groups -OCH3 is 2. The van der Waals surface area contributed by atoms with E-state index in [2.05, 4.69) is 6.92 Å². The lowest BCUT2D eigenvalue weighted by atomic mass is 9.82. The number of halogens is 1. The smallest absolute Gasteiger partial charge is 0.332 e. The molecular formula is C52H81ClO17. The van der Waals surface area contributed by atoms with Crippen LogP contribution in [0, 0.1) is 17.8 Å². The summed E-state index contributed by atoms with van der Waals surface area (Å²) >= 11 is 7.14. The quantitative estimate of drug-likeness (QED) is 0.0947. The highest BCUT2D eigenvalue weighted by Gasteiger charge is 2.61. The fraction of sp³-hybridized carbons (Fsp3) is 0.846. The second-order valence-corrected chi connectivity index (χ2v) is 21.9. The Bertz CT molecular complexity index is 1800.